The monoisotopic (exact) mass is 362 g/mol. The molecule has 0 aromatic heterocycles. The maximum atomic E-state index is 13.3. The van der Waals surface area contributed by atoms with Gasteiger partial charge in [-0.2, -0.15) is 0 Å². The number of rotatable bonds is 0. The summed E-state index contributed by atoms with van der Waals surface area (Å²) in [5, 5.41) is 33.9. The number of ether oxygens (including phenoxy) is 1. The van der Waals surface area contributed by atoms with Gasteiger partial charge in [-0.1, -0.05) is 20.4 Å². The van der Waals surface area contributed by atoms with Crippen molar-refractivity contribution in [1.82, 2.24) is 0 Å². The molecule has 2 saturated heterocycles. The summed E-state index contributed by atoms with van der Waals surface area (Å²) in [5.41, 5.74) is -2.83. The standard InChI is InChI=1S/C20H26O6/c1-9-10-4-5-11-18-8-26-20(25,19(11,14(9)22)15(10)23)16(24)13(18)17(2,3)7-6-12(18)21/h10-11,13,15-16,23-25H,1,4-8H2,2-3H3/t10?,11-,13+,15+,16-,18+,19-,20-/m0/s1. The van der Waals surface area contributed by atoms with Gasteiger partial charge >= 0.3 is 0 Å². The predicted octanol–water partition coefficient (Wildman–Crippen LogP) is 0.584. The molecule has 6 aliphatic rings. The minimum atomic E-state index is -2.19. The molecule has 3 N–H and O–H groups in total. The van der Waals surface area contributed by atoms with Crippen LogP contribution in [0, 0.1) is 34.0 Å². The second-order valence-corrected chi connectivity index (χ2v) is 9.76. The highest BCUT2D eigenvalue weighted by Crippen LogP contribution is 2.75. The van der Waals surface area contributed by atoms with Crippen LogP contribution in [0.5, 0.6) is 0 Å². The number of fused-ring (bicyclic) bond motifs is 2. The Balaban J connectivity index is 1.83. The van der Waals surface area contributed by atoms with E-state index in [-0.39, 0.29) is 23.4 Å². The molecule has 2 spiro atoms. The van der Waals surface area contributed by atoms with Gasteiger partial charge in [-0.05, 0) is 36.2 Å². The Morgan fingerprint density at radius 1 is 1.15 bits per heavy atom. The van der Waals surface area contributed by atoms with Crippen LogP contribution in [0.3, 0.4) is 0 Å². The minimum absolute atomic E-state index is 0.00293. The SMILES string of the molecule is C=C1C(=O)[C@]23[C@H](O)C1CC[C@H]2[C@@]12CO[C@@]3(O)[C@@H](O)[C@@H]1C(C)(C)CCC2=O. The normalized spacial score (nSPS) is 57.1. The zero-order valence-electron chi connectivity index (χ0n) is 15.2. The molecular weight excluding hydrogens is 336 g/mol. The molecule has 6 heteroatoms. The Bertz CT molecular complexity index is 757. The molecule has 4 saturated carbocycles. The largest absolute Gasteiger partial charge is 0.391 e. The highest BCUT2D eigenvalue weighted by molar-refractivity contribution is 6.06. The van der Waals surface area contributed by atoms with E-state index in [1.165, 1.54) is 0 Å². The van der Waals surface area contributed by atoms with Gasteiger partial charge in [0, 0.05) is 18.3 Å². The lowest BCUT2D eigenvalue weighted by molar-refractivity contribution is -0.437. The lowest BCUT2D eigenvalue weighted by Gasteiger charge is -2.72. The molecule has 8 atom stereocenters. The third-order valence-electron chi connectivity index (χ3n) is 8.65. The molecule has 4 bridgehead atoms. The highest BCUT2D eigenvalue weighted by Gasteiger charge is 2.87. The first-order valence-electron chi connectivity index (χ1n) is 9.56. The first-order valence-corrected chi connectivity index (χ1v) is 9.56. The van der Waals surface area contributed by atoms with E-state index in [2.05, 4.69) is 6.58 Å². The summed E-state index contributed by atoms with van der Waals surface area (Å²) in [5.74, 6) is -4.12. The fourth-order valence-corrected chi connectivity index (χ4v) is 7.63. The molecule has 4 aliphatic carbocycles. The fourth-order valence-electron chi connectivity index (χ4n) is 7.63. The van der Waals surface area contributed by atoms with E-state index >= 15 is 0 Å². The summed E-state index contributed by atoms with van der Waals surface area (Å²) in [6.45, 7) is 7.86. The average molecular weight is 362 g/mol. The van der Waals surface area contributed by atoms with Gasteiger partial charge in [-0.25, -0.2) is 0 Å². The summed E-state index contributed by atoms with van der Waals surface area (Å²) in [6, 6.07) is 0. The molecule has 6 fully saturated rings. The Hall–Kier alpha value is -1.08. The molecular formula is C20H26O6. The summed E-state index contributed by atoms with van der Waals surface area (Å²) in [4.78, 5) is 26.6. The molecule has 0 amide bonds. The van der Waals surface area contributed by atoms with Gasteiger partial charge in [0.2, 0.25) is 5.79 Å². The number of carbonyl (C=O) groups is 2. The zero-order chi connectivity index (χ0) is 18.9. The fraction of sp³-hybridized carbons (Fsp3) is 0.800. The van der Waals surface area contributed by atoms with E-state index in [1.807, 2.05) is 13.8 Å². The van der Waals surface area contributed by atoms with Crippen LogP contribution in [0.25, 0.3) is 0 Å². The van der Waals surface area contributed by atoms with E-state index in [4.69, 9.17) is 4.74 Å². The van der Waals surface area contributed by atoms with Crippen LogP contribution < -0.4 is 0 Å². The molecule has 0 aromatic rings. The van der Waals surface area contributed by atoms with Crippen molar-refractivity contribution in [1.29, 1.82) is 0 Å². The van der Waals surface area contributed by atoms with Gasteiger partial charge in [0.15, 0.2) is 5.78 Å². The molecule has 6 rings (SSSR count). The minimum Gasteiger partial charge on any atom is -0.391 e. The summed E-state index contributed by atoms with van der Waals surface area (Å²) in [6.07, 6.45) is -0.502. The van der Waals surface area contributed by atoms with Crippen LogP contribution in [0.1, 0.15) is 39.5 Å². The number of hydrogen-bond donors (Lipinski definition) is 3. The van der Waals surface area contributed by atoms with Crippen molar-refractivity contribution < 1.29 is 29.6 Å². The summed E-state index contributed by atoms with van der Waals surface area (Å²) in [7, 11) is 0. The zero-order valence-corrected chi connectivity index (χ0v) is 15.2. The van der Waals surface area contributed by atoms with Gasteiger partial charge in [0.05, 0.1) is 18.1 Å². The van der Waals surface area contributed by atoms with Crippen LogP contribution in [-0.4, -0.2) is 51.5 Å². The van der Waals surface area contributed by atoms with Crippen LogP contribution in [-0.2, 0) is 14.3 Å². The first-order chi connectivity index (χ1) is 12.1. The summed E-state index contributed by atoms with van der Waals surface area (Å²) < 4.78 is 5.74. The molecule has 142 valence electrons. The lowest BCUT2D eigenvalue weighted by Crippen LogP contribution is -2.85. The van der Waals surface area contributed by atoms with Crippen molar-refractivity contribution in [2.45, 2.75) is 57.5 Å². The maximum Gasteiger partial charge on any atom is 0.208 e. The second kappa shape index (κ2) is 4.49. The van der Waals surface area contributed by atoms with Crippen LogP contribution in [0.2, 0.25) is 0 Å². The molecule has 0 radical (unpaired) electrons. The van der Waals surface area contributed by atoms with E-state index in [0.29, 0.717) is 25.7 Å². The highest BCUT2D eigenvalue weighted by atomic mass is 16.6. The number of ketones is 2. The van der Waals surface area contributed by atoms with Gasteiger partial charge in [-0.15, -0.1) is 0 Å². The van der Waals surface area contributed by atoms with Crippen molar-refractivity contribution in [3.63, 3.8) is 0 Å². The van der Waals surface area contributed by atoms with E-state index in [1.54, 1.807) is 0 Å². The number of hydrogen-bond acceptors (Lipinski definition) is 6. The maximum absolute atomic E-state index is 13.3. The second-order valence-electron chi connectivity index (χ2n) is 9.76. The quantitative estimate of drug-likeness (QED) is 0.545. The van der Waals surface area contributed by atoms with Crippen molar-refractivity contribution in [2.75, 3.05) is 6.61 Å². The molecule has 0 aromatic carbocycles. The average Bonchev–Trinajstić information content (AvgIpc) is 2.69. The molecule has 6 nitrogen and oxygen atoms in total. The number of aliphatic hydroxyl groups excluding tert-OH is 2. The third kappa shape index (κ3) is 1.36. The number of aliphatic hydroxyl groups is 3. The summed E-state index contributed by atoms with van der Waals surface area (Å²) >= 11 is 0. The van der Waals surface area contributed by atoms with E-state index < -0.39 is 52.4 Å². The molecule has 2 heterocycles. The molecule has 1 unspecified atom stereocenters. The van der Waals surface area contributed by atoms with Crippen molar-refractivity contribution in [3.05, 3.63) is 12.2 Å². The van der Waals surface area contributed by atoms with Crippen molar-refractivity contribution in [2.24, 2.45) is 34.0 Å². The topological polar surface area (TPSA) is 104 Å². The Morgan fingerprint density at radius 2 is 1.85 bits per heavy atom. The number of Topliss-reactive ketones (excluding diaryl/α,β-unsaturated/α-hetero) is 2. The molecule has 2 aliphatic heterocycles. The van der Waals surface area contributed by atoms with Crippen LogP contribution >= 0.6 is 0 Å². The van der Waals surface area contributed by atoms with Crippen LogP contribution in [0.15, 0.2) is 12.2 Å². The van der Waals surface area contributed by atoms with Crippen LogP contribution in [0.4, 0.5) is 0 Å². The predicted molar refractivity (Wildman–Crippen MR) is 89.7 cm³/mol. The Morgan fingerprint density at radius 3 is 2.54 bits per heavy atom. The number of carbonyl (C=O) groups excluding carboxylic acids is 2. The van der Waals surface area contributed by atoms with Crippen molar-refractivity contribution >= 4 is 11.6 Å². The van der Waals surface area contributed by atoms with Gasteiger partial charge < -0.3 is 20.1 Å². The van der Waals surface area contributed by atoms with Gasteiger partial charge in [-0.3, -0.25) is 9.59 Å². The smallest absolute Gasteiger partial charge is 0.208 e. The van der Waals surface area contributed by atoms with E-state index in [9.17, 15) is 24.9 Å². The first kappa shape index (κ1) is 17.0. The molecule has 26 heavy (non-hydrogen) atoms. The Labute approximate surface area is 152 Å². The van der Waals surface area contributed by atoms with Gasteiger partial charge in [0.25, 0.3) is 0 Å². The lowest BCUT2D eigenvalue weighted by atomic mass is 9.36. The van der Waals surface area contributed by atoms with Gasteiger partial charge in [0.1, 0.15) is 17.3 Å². The van der Waals surface area contributed by atoms with Crippen molar-refractivity contribution in [3.8, 4) is 0 Å². The Kier molecular flexibility index (Phi) is 2.94. The third-order valence-corrected chi connectivity index (χ3v) is 8.65. The van der Waals surface area contributed by atoms with E-state index in [0.717, 1.165) is 0 Å².